The molecule has 1 aromatic carbocycles. The average molecular weight is 296 g/mol. The Morgan fingerprint density at radius 3 is 2.76 bits per heavy atom. The fourth-order valence-corrected chi connectivity index (χ4v) is 2.74. The number of nitro benzene ring substituents is 1. The van der Waals surface area contributed by atoms with Crippen molar-refractivity contribution in [1.82, 2.24) is 4.90 Å². The van der Waals surface area contributed by atoms with Crippen LogP contribution in [0.5, 0.6) is 0 Å². The van der Waals surface area contributed by atoms with Gasteiger partial charge in [0.15, 0.2) is 0 Å². The molecule has 6 nitrogen and oxygen atoms in total. The summed E-state index contributed by atoms with van der Waals surface area (Å²) in [7, 11) is 0. The zero-order valence-corrected chi connectivity index (χ0v) is 11.9. The van der Waals surface area contributed by atoms with Crippen molar-refractivity contribution in [3.05, 3.63) is 39.7 Å². The molecule has 1 aliphatic heterocycles. The molecule has 1 N–H and O–H groups in total. The van der Waals surface area contributed by atoms with Crippen molar-refractivity contribution in [1.29, 1.82) is 0 Å². The Bertz CT molecular complexity index is 583. The number of hydrogen-bond donors (Lipinski definition) is 1. The highest BCUT2D eigenvalue weighted by Crippen LogP contribution is 2.30. The molecule has 7 heteroatoms. The van der Waals surface area contributed by atoms with E-state index in [1.165, 1.54) is 4.90 Å². The Kier molecular flexibility index (Phi) is 3.95. The van der Waals surface area contributed by atoms with Gasteiger partial charge in [0.05, 0.1) is 16.6 Å². The number of carbonyl (C=O) groups is 1. The molecule has 1 amide bonds. The Morgan fingerprint density at radius 1 is 1.52 bits per heavy atom. The number of nitrogens with zero attached hydrogens (tertiary/aromatic N) is 2. The second-order valence-corrected chi connectivity index (χ2v) is 5.73. The number of amides is 1. The summed E-state index contributed by atoms with van der Waals surface area (Å²) < 4.78 is 13.3. The molecule has 1 aromatic rings. The van der Waals surface area contributed by atoms with Gasteiger partial charge in [-0.3, -0.25) is 14.9 Å². The van der Waals surface area contributed by atoms with Crippen molar-refractivity contribution >= 4 is 11.6 Å². The zero-order chi connectivity index (χ0) is 15.8. The standard InChI is InChI=1S/C14H17FN2O4/c1-14(2,19)12-4-3-7-16(12)13(18)10-8-9(15)5-6-11(10)17(20)21/h5-6,8,12,19H,3-4,7H2,1-2H3. The number of likely N-dealkylation sites (tertiary alicyclic amines) is 1. The van der Waals surface area contributed by atoms with Gasteiger partial charge in [-0.2, -0.15) is 0 Å². The molecule has 0 aliphatic carbocycles. The predicted molar refractivity (Wildman–Crippen MR) is 73.4 cm³/mol. The third kappa shape index (κ3) is 3.02. The summed E-state index contributed by atoms with van der Waals surface area (Å²) in [5.74, 6) is -1.33. The summed E-state index contributed by atoms with van der Waals surface area (Å²) in [6, 6.07) is 2.37. The fourth-order valence-electron chi connectivity index (χ4n) is 2.74. The topological polar surface area (TPSA) is 83.7 Å². The second kappa shape index (κ2) is 5.40. The molecule has 1 fully saturated rings. The molecule has 0 radical (unpaired) electrons. The molecule has 1 aliphatic rings. The molecular formula is C14H17FN2O4. The van der Waals surface area contributed by atoms with E-state index in [4.69, 9.17) is 0 Å². The minimum absolute atomic E-state index is 0.281. The van der Waals surface area contributed by atoms with Crippen LogP contribution in [0.15, 0.2) is 18.2 Å². The van der Waals surface area contributed by atoms with Crippen LogP contribution in [0.1, 0.15) is 37.0 Å². The van der Waals surface area contributed by atoms with E-state index in [9.17, 15) is 24.4 Å². The first kappa shape index (κ1) is 15.4. The van der Waals surface area contributed by atoms with Crippen LogP contribution >= 0.6 is 0 Å². The number of carbonyl (C=O) groups excluding carboxylic acids is 1. The highest BCUT2D eigenvalue weighted by molar-refractivity contribution is 5.98. The van der Waals surface area contributed by atoms with E-state index < -0.39 is 34.0 Å². The Morgan fingerprint density at radius 2 is 2.19 bits per heavy atom. The minimum atomic E-state index is -1.12. The molecule has 0 saturated carbocycles. The molecule has 21 heavy (non-hydrogen) atoms. The third-order valence-corrected chi connectivity index (χ3v) is 3.71. The second-order valence-electron chi connectivity index (χ2n) is 5.73. The molecule has 114 valence electrons. The summed E-state index contributed by atoms with van der Waals surface area (Å²) in [5, 5.41) is 21.1. The van der Waals surface area contributed by atoms with Crippen molar-refractivity contribution in [2.75, 3.05) is 6.54 Å². The van der Waals surface area contributed by atoms with Crippen molar-refractivity contribution in [2.24, 2.45) is 0 Å². The molecule has 0 spiro atoms. The molecule has 0 bridgehead atoms. The van der Waals surface area contributed by atoms with Crippen LogP contribution < -0.4 is 0 Å². The fraction of sp³-hybridized carbons (Fsp3) is 0.500. The van der Waals surface area contributed by atoms with Gasteiger partial charge in [-0.25, -0.2) is 4.39 Å². The summed E-state index contributed by atoms with van der Waals surface area (Å²) in [5.41, 5.74) is -1.83. The largest absolute Gasteiger partial charge is 0.388 e. The Labute approximate surface area is 121 Å². The average Bonchev–Trinajstić information content (AvgIpc) is 2.86. The highest BCUT2D eigenvalue weighted by atomic mass is 19.1. The molecule has 2 rings (SSSR count). The van der Waals surface area contributed by atoms with Crippen molar-refractivity contribution < 1.29 is 19.2 Å². The lowest BCUT2D eigenvalue weighted by atomic mass is 9.96. The van der Waals surface area contributed by atoms with Gasteiger partial charge < -0.3 is 10.0 Å². The lowest BCUT2D eigenvalue weighted by Crippen LogP contribution is -2.48. The van der Waals surface area contributed by atoms with Crippen LogP contribution in [-0.2, 0) is 0 Å². The van der Waals surface area contributed by atoms with E-state index in [-0.39, 0.29) is 5.56 Å². The van der Waals surface area contributed by atoms with Gasteiger partial charge in [0.1, 0.15) is 11.4 Å². The third-order valence-electron chi connectivity index (χ3n) is 3.71. The summed E-state index contributed by atoms with van der Waals surface area (Å²) in [6.07, 6.45) is 1.31. The van der Waals surface area contributed by atoms with Crippen molar-refractivity contribution in [3.63, 3.8) is 0 Å². The number of nitro groups is 1. The SMILES string of the molecule is CC(C)(O)C1CCCN1C(=O)c1cc(F)ccc1[N+](=O)[O-]. The van der Waals surface area contributed by atoms with Crippen LogP contribution in [0, 0.1) is 15.9 Å². The van der Waals surface area contributed by atoms with E-state index in [1.807, 2.05) is 0 Å². The number of aliphatic hydroxyl groups is 1. The first-order valence-corrected chi connectivity index (χ1v) is 6.69. The van der Waals surface area contributed by atoms with Gasteiger partial charge in [-0.05, 0) is 38.8 Å². The molecular weight excluding hydrogens is 279 g/mol. The molecule has 1 atom stereocenters. The van der Waals surface area contributed by atoms with Crippen LogP contribution in [0.4, 0.5) is 10.1 Å². The molecule has 1 saturated heterocycles. The van der Waals surface area contributed by atoms with Crippen LogP contribution in [0.25, 0.3) is 0 Å². The van der Waals surface area contributed by atoms with E-state index in [0.29, 0.717) is 19.4 Å². The molecule has 1 heterocycles. The smallest absolute Gasteiger partial charge is 0.282 e. The van der Waals surface area contributed by atoms with E-state index >= 15 is 0 Å². The van der Waals surface area contributed by atoms with Crippen LogP contribution in [-0.4, -0.2) is 39.0 Å². The first-order valence-electron chi connectivity index (χ1n) is 6.69. The van der Waals surface area contributed by atoms with Gasteiger partial charge >= 0.3 is 0 Å². The lowest BCUT2D eigenvalue weighted by Gasteiger charge is -2.33. The Hall–Kier alpha value is -2.02. The number of benzene rings is 1. The van der Waals surface area contributed by atoms with Gasteiger partial charge in [-0.1, -0.05) is 0 Å². The van der Waals surface area contributed by atoms with Crippen molar-refractivity contribution in [2.45, 2.75) is 38.3 Å². The van der Waals surface area contributed by atoms with Crippen LogP contribution in [0.3, 0.4) is 0 Å². The number of halogens is 1. The summed E-state index contributed by atoms with van der Waals surface area (Å²) >= 11 is 0. The van der Waals surface area contributed by atoms with E-state index in [1.54, 1.807) is 13.8 Å². The Balaban J connectivity index is 2.40. The first-order chi connectivity index (χ1) is 9.71. The maximum atomic E-state index is 13.3. The predicted octanol–water partition coefficient (Wildman–Crippen LogP) is 2.11. The molecule has 0 aromatic heterocycles. The van der Waals surface area contributed by atoms with Gasteiger partial charge in [0.2, 0.25) is 0 Å². The van der Waals surface area contributed by atoms with Crippen LogP contribution in [0.2, 0.25) is 0 Å². The number of hydrogen-bond acceptors (Lipinski definition) is 4. The normalized spacial score (nSPS) is 18.9. The quantitative estimate of drug-likeness (QED) is 0.684. The van der Waals surface area contributed by atoms with Gasteiger partial charge in [0, 0.05) is 12.6 Å². The number of rotatable bonds is 3. The minimum Gasteiger partial charge on any atom is -0.388 e. The lowest BCUT2D eigenvalue weighted by molar-refractivity contribution is -0.385. The maximum Gasteiger partial charge on any atom is 0.282 e. The maximum absolute atomic E-state index is 13.3. The van der Waals surface area contributed by atoms with E-state index in [2.05, 4.69) is 0 Å². The van der Waals surface area contributed by atoms with Gasteiger partial charge in [0.25, 0.3) is 11.6 Å². The zero-order valence-electron chi connectivity index (χ0n) is 11.9. The molecule has 1 unspecified atom stereocenters. The highest BCUT2D eigenvalue weighted by Gasteiger charge is 2.40. The monoisotopic (exact) mass is 296 g/mol. The van der Waals surface area contributed by atoms with Gasteiger partial charge in [-0.15, -0.1) is 0 Å². The van der Waals surface area contributed by atoms with E-state index in [0.717, 1.165) is 18.2 Å². The van der Waals surface area contributed by atoms with Crippen molar-refractivity contribution in [3.8, 4) is 0 Å². The summed E-state index contributed by atoms with van der Waals surface area (Å²) in [6.45, 7) is 3.56. The summed E-state index contributed by atoms with van der Waals surface area (Å²) in [4.78, 5) is 24.2.